The van der Waals surface area contributed by atoms with Gasteiger partial charge in [-0.15, -0.1) is 0 Å². The van der Waals surface area contributed by atoms with Crippen LogP contribution >= 0.6 is 11.6 Å². The fourth-order valence-electron chi connectivity index (χ4n) is 5.48. The standard InChI is InChI=1S/C29H29ClF2N6O3/c1-16-4-3-5-23-25(16)38(20-10-11-22(34-14-20)28(40)33-2)29(41)37(23)15-17-6-8-19(9-7-17)36-27(39)21-12-18(30)13-35-24(21)26(31)32/h3-5,10-14,17,19,26H,6-9,15H2,1-2H3,(H,33,40)(H,36,39)/t17-,19-. The first-order valence-corrected chi connectivity index (χ1v) is 13.7. The number of carbonyl (C=O) groups is 2. The first kappa shape index (κ1) is 28.4. The van der Waals surface area contributed by atoms with Crippen LogP contribution in [0.5, 0.6) is 0 Å². The molecule has 9 nitrogen and oxygen atoms in total. The maximum absolute atomic E-state index is 13.8. The molecule has 1 fully saturated rings. The van der Waals surface area contributed by atoms with Gasteiger partial charge in [0.25, 0.3) is 18.2 Å². The summed E-state index contributed by atoms with van der Waals surface area (Å²) in [6, 6.07) is 10.1. The lowest BCUT2D eigenvalue weighted by Gasteiger charge is -2.29. The summed E-state index contributed by atoms with van der Waals surface area (Å²) < 4.78 is 30.1. The predicted octanol–water partition coefficient (Wildman–Crippen LogP) is 4.83. The summed E-state index contributed by atoms with van der Waals surface area (Å²) >= 11 is 5.90. The van der Waals surface area contributed by atoms with Crippen LogP contribution in [-0.4, -0.2) is 44.0 Å². The zero-order valence-corrected chi connectivity index (χ0v) is 23.3. The van der Waals surface area contributed by atoms with Crippen molar-refractivity contribution in [1.82, 2.24) is 29.7 Å². The van der Waals surface area contributed by atoms with Gasteiger partial charge in [-0.3, -0.25) is 23.7 Å². The predicted molar refractivity (Wildman–Crippen MR) is 151 cm³/mol. The van der Waals surface area contributed by atoms with E-state index in [1.807, 2.05) is 25.1 Å². The van der Waals surface area contributed by atoms with Crippen molar-refractivity contribution in [3.8, 4) is 5.69 Å². The minimum absolute atomic E-state index is 0.112. The summed E-state index contributed by atoms with van der Waals surface area (Å²) in [6.45, 7) is 2.43. The number of amides is 2. The second kappa shape index (κ2) is 11.8. The average Bonchev–Trinajstić information content (AvgIpc) is 3.25. The molecule has 0 saturated heterocycles. The Morgan fingerprint density at radius 1 is 1.07 bits per heavy atom. The molecule has 4 aromatic rings. The lowest BCUT2D eigenvalue weighted by atomic mass is 9.85. The summed E-state index contributed by atoms with van der Waals surface area (Å²) in [7, 11) is 1.53. The molecule has 2 N–H and O–H groups in total. The number of imidazole rings is 1. The molecule has 1 aromatic carbocycles. The van der Waals surface area contributed by atoms with Crippen molar-refractivity contribution in [1.29, 1.82) is 0 Å². The number of alkyl halides is 2. The summed E-state index contributed by atoms with van der Waals surface area (Å²) in [5.74, 6) is -0.754. The summed E-state index contributed by atoms with van der Waals surface area (Å²) in [4.78, 5) is 46.3. The maximum atomic E-state index is 13.8. The highest BCUT2D eigenvalue weighted by Gasteiger charge is 2.27. The SMILES string of the molecule is CNC(=O)c1ccc(-n2c(=O)n(C[C@H]3CC[C@H](NC(=O)c4cc(Cl)cnc4C(F)F)CC3)c3cccc(C)c32)cn1. The van der Waals surface area contributed by atoms with Gasteiger partial charge in [-0.2, -0.15) is 0 Å². The van der Waals surface area contributed by atoms with E-state index in [2.05, 4.69) is 20.6 Å². The van der Waals surface area contributed by atoms with E-state index < -0.39 is 18.0 Å². The van der Waals surface area contributed by atoms with Crippen molar-refractivity contribution in [3.05, 3.63) is 86.8 Å². The number of hydrogen-bond acceptors (Lipinski definition) is 5. The van der Waals surface area contributed by atoms with E-state index in [4.69, 9.17) is 11.6 Å². The Bertz CT molecular complexity index is 1660. The van der Waals surface area contributed by atoms with Crippen LogP contribution in [0.4, 0.5) is 8.78 Å². The number of halogens is 3. The van der Waals surface area contributed by atoms with Crippen LogP contribution in [0, 0.1) is 12.8 Å². The van der Waals surface area contributed by atoms with Gasteiger partial charge in [0.05, 0.1) is 33.5 Å². The molecule has 2 amide bonds. The van der Waals surface area contributed by atoms with Gasteiger partial charge in [-0.1, -0.05) is 23.7 Å². The Morgan fingerprint density at radius 3 is 2.49 bits per heavy atom. The molecule has 0 unspecified atom stereocenters. The lowest BCUT2D eigenvalue weighted by molar-refractivity contribution is 0.0903. The Balaban J connectivity index is 1.33. The van der Waals surface area contributed by atoms with Crippen LogP contribution in [0.15, 0.2) is 53.6 Å². The first-order chi connectivity index (χ1) is 19.7. The molecule has 0 bridgehead atoms. The maximum Gasteiger partial charge on any atom is 0.333 e. The fourth-order valence-corrected chi connectivity index (χ4v) is 5.64. The van der Waals surface area contributed by atoms with Crippen LogP contribution in [0.25, 0.3) is 16.7 Å². The van der Waals surface area contributed by atoms with Crippen LogP contribution < -0.4 is 16.3 Å². The summed E-state index contributed by atoms with van der Waals surface area (Å²) in [5.41, 5.74) is 2.31. The zero-order valence-electron chi connectivity index (χ0n) is 22.5. The third kappa shape index (κ3) is 5.72. The molecule has 5 rings (SSSR count). The van der Waals surface area contributed by atoms with Gasteiger partial charge in [0.2, 0.25) is 0 Å². The molecule has 0 atom stereocenters. The van der Waals surface area contributed by atoms with E-state index in [0.29, 0.717) is 25.1 Å². The quantitative estimate of drug-likeness (QED) is 0.324. The van der Waals surface area contributed by atoms with Crippen molar-refractivity contribution in [2.24, 2.45) is 5.92 Å². The van der Waals surface area contributed by atoms with Crippen molar-refractivity contribution in [3.63, 3.8) is 0 Å². The van der Waals surface area contributed by atoms with Crippen molar-refractivity contribution < 1.29 is 18.4 Å². The molecule has 0 spiro atoms. The highest BCUT2D eigenvalue weighted by atomic mass is 35.5. The van der Waals surface area contributed by atoms with E-state index in [-0.39, 0.29) is 39.8 Å². The summed E-state index contributed by atoms with van der Waals surface area (Å²) in [5, 5.41) is 5.50. The highest BCUT2D eigenvalue weighted by molar-refractivity contribution is 6.30. The molecule has 12 heteroatoms. The topological polar surface area (TPSA) is 111 Å². The van der Waals surface area contributed by atoms with Crippen molar-refractivity contribution in [2.75, 3.05) is 7.05 Å². The van der Waals surface area contributed by atoms with Gasteiger partial charge in [-0.05, 0) is 68.4 Å². The number of fused-ring (bicyclic) bond motifs is 1. The zero-order chi connectivity index (χ0) is 29.3. The van der Waals surface area contributed by atoms with Crippen LogP contribution in [-0.2, 0) is 6.54 Å². The van der Waals surface area contributed by atoms with Crippen LogP contribution in [0.2, 0.25) is 5.02 Å². The number of benzene rings is 1. The number of nitrogens with one attached hydrogen (secondary N) is 2. The number of aryl methyl sites for hydroxylation is 1. The second-order valence-electron chi connectivity index (χ2n) is 10.2. The number of aromatic nitrogens is 4. The molecule has 3 aromatic heterocycles. The molecule has 1 saturated carbocycles. The van der Waals surface area contributed by atoms with Gasteiger partial charge in [0.15, 0.2) is 0 Å². The second-order valence-corrected chi connectivity index (χ2v) is 10.7. The van der Waals surface area contributed by atoms with Gasteiger partial charge >= 0.3 is 5.69 Å². The normalized spacial score (nSPS) is 17.1. The molecule has 0 aliphatic heterocycles. The van der Waals surface area contributed by atoms with E-state index in [0.717, 1.165) is 35.6 Å². The number of carbonyl (C=O) groups excluding carboxylic acids is 2. The number of pyridine rings is 2. The molecule has 1 aliphatic rings. The Hall–Kier alpha value is -4.12. The number of hydrogen-bond donors (Lipinski definition) is 2. The Labute approximate surface area is 239 Å². The number of nitrogens with zero attached hydrogens (tertiary/aromatic N) is 4. The van der Waals surface area contributed by atoms with E-state index >= 15 is 0 Å². The molecule has 1 aliphatic carbocycles. The largest absolute Gasteiger partial charge is 0.354 e. The van der Waals surface area contributed by atoms with Gasteiger partial charge in [0, 0.05) is 25.8 Å². The van der Waals surface area contributed by atoms with Crippen molar-refractivity contribution >= 4 is 34.4 Å². The average molecular weight is 583 g/mol. The number of rotatable bonds is 7. The third-order valence-corrected chi connectivity index (χ3v) is 7.78. The monoisotopic (exact) mass is 582 g/mol. The van der Waals surface area contributed by atoms with E-state index in [1.54, 1.807) is 21.3 Å². The molecular formula is C29H29ClF2N6O3. The highest BCUT2D eigenvalue weighted by Crippen LogP contribution is 2.29. The van der Waals surface area contributed by atoms with Gasteiger partial charge in [-0.25, -0.2) is 18.6 Å². The van der Waals surface area contributed by atoms with Crippen molar-refractivity contribution in [2.45, 2.75) is 51.6 Å². The number of para-hydroxylation sites is 1. The molecule has 0 radical (unpaired) electrons. The van der Waals surface area contributed by atoms with E-state index in [1.165, 1.54) is 19.3 Å². The summed E-state index contributed by atoms with van der Waals surface area (Å²) in [6.07, 6.45) is 2.50. The van der Waals surface area contributed by atoms with E-state index in [9.17, 15) is 23.2 Å². The third-order valence-electron chi connectivity index (χ3n) is 7.58. The lowest BCUT2D eigenvalue weighted by Crippen LogP contribution is -2.39. The minimum atomic E-state index is -2.89. The van der Waals surface area contributed by atoms with Crippen LogP contribution in [0.1, 0.15) is 64.2 Å². The van der Waals surface area contributed by atoms with Crippen LogP contribution in [0.3, 0.4) is 0 Å². The van der Waals surface area contributed by atoms with Gasteiger partial charge < -0.3 is 10.6 Å². The Kier molecular flexibility index (Phi) is 8.16. The first-order valence-electron chi connectivity index (χ1n) is 13.3. The molecule has 41 heavy (non-hydrogen) atoms. The molecular weight excluding hydrogens is 554 g/mol. The minimum Gasteiger partial charge on any atom is -0.354 e. The fraction of sp³-hybridized carbons (Fsp3) is 0.345. The Morgan fingerprint density at radius 2 is 1.83 bits per heavy atom. The molecule has 214 valence electrons. The molecule has 3 heterocycles. The van der Waals surface area contributed by atoms with Gasteiger partial charge in [0.1, 0.15) is 11.4 Å². The smallest absolute Gasteiger partial charge is 0.333 e.